The van der Waals surface area contributed by atoms with Crippen molar-refractivity contribution in [3.8, 4) is 0 Å². The quantitative estimate of drug-likeness (QED) is 0.503. The predicted molar refractivity (Wildman–Crippen MR) is 48.8 cm³/mol. The molecule has 2 aliphatic carbocycles. The van der Waals surface area contributed by atoms with Gasteiger partial charge in [0, 0.05) is 12.8 Å². The van der Waals surface area contributed by atoms with Crippen LogP contribution in [0.15, 0.2) is 12.2 Å². The third kappa shape index (κ3) is 1.21. The van der Waals surface area contributed by atoms with Crippen LogP contribution in [0.1, 0.15) is 39.0 Å². The molecule has 0 saturated heterocycles. The molecule has 0 aliphatic heterocycles. The summed E-state index contributed by atoms with van der Waals surface area (Å²) in [5.74, 6) is 1.12. The van der Waals surface area contributed by atoms with E-state index in [0.29, 0.717) is 17.1 Å². The lowest BCUT2D eigenvalue weighted by atomic mass is 9.63. The average Bonchev–Trinajstić information content (AvgIpc) is 2.06. The van der Waals surface area contributed by atoms with Crippen LogP contribution in [0.2, 0.25) is 0 Å². The molecule has 1 fully saturated rings. The van der Waals surface area contributed by atoms with Gasteiger partial charge < -0.3 is 0 Å². The highest BCUT2D eigenvalue weighted by molar-refractivity contribution is 5.79. The molecule has 0 heterocycles. The minimum Gasteiger partial charge on any atom is -0.300 e. The van der Waals surface area contributed by atoms with Gasteiger partial charge in [-0.25, -0.2) is 0 Å². The van der Waals surface area contributed by atoms with Crippen LogP contribution in [0.3, 0.4) is 0 Å². The van der Waals surface area contributed by atoms with Crippen molar-refractivity contribution in [2.24, 2.45) is 11.3 Å². The Labute approximate surface area is 73.8 Å². The zero-order valence-electron chi connectivity index (χ0n) is 7.68. The molecule has 1 nitrogen and oxygen atoms in total. The third-order valence-corrected chi connectivity index (χ3v) is 3.53. The summed E-state index contributed by atoms with van der Waals surface area (Å²) in [7, 11) is 0. The molecule has 0 aromatic carbocycles. The summed E-state index contributed by atoms with van der Waals surface area (Å²) in [6, 6.07) is 0. The summed E-state index contributed by atoms with van der Waals surface area (Å²) in [5.41, 5.74) is 0.353. The molecule has 0 bridgehead atoms. The zero-order chi connectivity index (χ0) is 8.60. The molecule has 0 radical (unpaired) electrons. The maximum atomic E-state index is 11.2. The summed E-state index contributed by atoms with van der Waals surface area (Å²) in [5, 5.41) is 0. The number of rotatable bonds is 0. The lowest BCUT2D eigenvalue weighted by Gasteiger charge is -2.41. The Morgan fingerprint density at radius 2 is 2.42 bits per heavy atom. The Kier molecular flexibility index (Phi) is 1.82. The highest BCUT2D eigenvalue weighted by atomic mass is 16.1. The number of allylic oxidation sites excluding steroid dienone is 2. The third-order valence-electron chi connectivity index (χ3n) is 3.53. The Hall–Kier alpha value is -0.590. The molecular formula is C11H16O. The van der Waals surface area contributed by atoms with Crippen molar-refractivity contribution < 1.29 is 4.79 Å². The molecule has 12 heavy (non-hydrogen) atoms. The lowest BCUT2D eigenvalue weighted by Crippen LogP contribution is -2.34. The van der Waals surface area contributed by atoms with E-state index in [2.05, 4.69) is 19.1 Å². The lowest BCUT2D eigenvalue weighted by molar-refractivity contribution is -0.124. The van der Waals surface area contributed by atoms with Gasteiger partial charge in [-0.05, 0) is 30.6 Å². The van der Waals surface area contributed by atoms with Crippen LogP contribution < -0.4 is 0 Å². The Bertz CT molecular complexity index is 229. The molecule has 2 rings (SSSR count). The van der Waals surface area contributed by atoms with E-state index in [0.717, 1.165) is 19.3 Å². The van der Waals surface area contributed by atoms with Crippen molar-refractivity contribution >= 4 is 5.78 Å². The summed E-state index contributed by atoms with van der Waals surface area (Å²) in [4.78, 5) is 11.2. The molecule has 0 aromatic rings. The van der Waals surface area contributed by atoms with Crippen molar-refractivity contribution in [2.45, 2.75) is 39.0 Å². The largest absolute Gasteiger partial charge is 0.300 e. The van der Waals surface area contributed by atoms with Crippen LogP contribution in [0.5, 0.6) is 0 Å². The maximum absolute atomic E-state index is 11.2. The van der Waals surface area contributed by atoms with Crippen molar-refractivity contribution in [1.82, 2.24) is 0 Å². The minimum atomic E-state index is 0.353. The minimum absolute atomic E-state index is 0.353. The van der Waals surface area contributed by atoms with Crippen molar-refractivity contribution in [3.05, 3.63) is 12.2 Å². The molecule has 1 saturated carbocycles. The van der Waals surface area contributed by atoms with E-state index in [9.17, 15) is 4.79 Å². The summed E-state index contributed by atoms with van der Waals surface area (Å²) in [6.45, 7) is 2.31. The standard InChI is InChI=1S/C11H16O/c1-11-6-3-2-4-9(11)8-10(12)5-7-11/h3,6,9H,2,4-5,7-8H2,1H3/t9-,11-/m0/s1. The molecule has 66 valence electrons. The molecule has 0 amide bonds. The first-order chi connectivity index (χ1) is 5.71. The normalized spacial score (nSPS) is 41.1. The SMILES string of the molecule is C[C@@]12C=CCC[C@H]1CC(=O)CC2. The fourth-order valence-electron chi connectivity index (χ4n) is 2.52. The monoisotopic (exact) mass is 164 g/mol. The number of ketones is 1. The van der Waals surface area contributed by atoms with E-state index in [1.807, 2.05) is 0 Å². The molecule has 0 unspecified atom stereocenters. The van der Waals surface area contributed by atoms with Crippen LogP contribution in [-0.2, 0) is 4.79 Å². The fourth-order valence-corrected chi connectivity index (χ4v) is 2.52. The number of carbonyl (C=O) groups excluding carboxylic acids is 1. The topological polar surface area (TPSA) is 17.1 Å². The molecule has 2 atom stereocenters. The van der Waals surface area contributed by atoms with Gasteiger partial charge in [0.05, 0.1) is 0 Å². The van der Waals surface area contributed by atoms with Crippen molar-refractivity contribution in [2.75, 3.05) is 0 Å². The van der Waals surface area contributed by atoms with E-state index in [1.54, 1.807) is 0 Å². The molecule has 2 aliphatic rings. The Morgan fingerprint density at radius 1 is 1.58 bits per heavy atom. The predicted octanol–water partition coefficient (Wildman–Crippen LogP) is 2.71. The van der Waals surface area contributed by atoms with Crippen LogP contribution in [0.25, 0.3) is 0 Å². The number of carbonyl (C=O) groups is 1. The second kappa shape index (κ2) is 2.72. The zero-order valence-corrected chi connectivity index (χ0v) is 7.68. The van der Waals surface area contributed by atoms with Crippen molar-refractivity contribution in [3.63, 3.8) is 0 Å². The van der Waals surface area contributed by atoms with Crippen LogP contribution >= 0.6 is 0 Å². The van der Waals surface area contributed by atoms with Crippen molar-refractivity contribution in [1.29, 1.82) is 0 Å². The highest BCUT2D eigenvalue weighted by Gasteiger charge is 2.38. The van der Waals surface area contributed by atoms with E-state index in [1.165, 1.54) is 12.8 Å². The maximum Gasteiger partial charge on any atom is 0.133 e. The van der Waals surface area contributed by atoms with Crippen LogP contribution in [0, 0.1) is 11.3 Å². The van der Waals surface area contributed by atoms with E-state index in [4.69, 9.17) is 0 Å². The Morgan fingerprint density at radius 3 is 3.25 bits per heavy atom. The molecular weight excluding hydrogens is 148 g/mol. The van der Waals surface area contributed by atoms with E-state index >= 15 is 0 Å². The second-order valence-corrected chi connectivity index (χ2v) is 4.43. The fraction of sp³-hybridized carbons (Fsp3) is 0.727. The molecule has 0 aromatic heterocycles. The second-order valence-electron chi connectivity index (χ2n) is 4.43. The number of Topliss-reactive ketones (excluding diaryl/α,β-unsaturated/α-hetero) is 1. The van der Waals surface area contributed by atoms with Gasteiger partial charge in [-0.1, -0.05) is 19.1 Å². The first kappa shape index (κ1) is 8.03. The summed E-state index contributed by atoms with van der Waals surface area (Å²) < 4.78 is 0. The highest BCUT2D eigenvalue weighted by Crippen LogP contribution is 2.45. The smallest absolute Gasteiger partial charge is 0.133 e. The summed E-state index contributed by atoms with van der Waals surface area (Å²) >= 11 is 0. The van der Waals surface area contributed by atoms with Crippen LogP contribution in [0.4, 0.5) is 0 Å². The first-order valence-corrected chi connectivity index (χ1v) is 4.90. The molecule has 0 N–H and O–H groups in total. The van der Waals surface area contributed by atoms with Gasteiger partial charge >= 0.3 is 0 Å². The van der Waals surface area contributed by atoms with Gasteiger partial charge in [-0.2, -0.15) is 0 Å². The van der Waals surface area contributed by atoms with Crippen LogP contribution in [-0.4, -0.2) is 5.78 Å². The van der Waals surface area contributed by atoms with Gasteiger partial charge in [0.15, 0.2) is 0 Å². The van der Waals surface area contributed by atoms with E-state index in [-0.39, 0.29) is 0 Å². The van der Waals surface area contributed by atoms with Gasteiger partial charge in [0.2, 0.25) is 0 Å². The van der Waals surface area contributed by atoms with E-state index < -0.39 is 0 Å². The van der Waals surface area contributed by atoms with Gasteiger partial charge in [-0.15, -0.1) is 0 Å². The van der Waals surface area contributed by atoms with Gasteiger partial charge in [-0.3, -0.25) is 4.79 Å². The average molecular weight is 164 g/mol. The van der Waals surface area contributed by atoms with Gasteiger partial charge in [0.1, 0.15) is 5.78 Å². The Balaban J connectivity index is 2.20. The number of fused-ring (bicyclic) bond motifs is 1. The van der Waals surface area contributed by atoms with Gasteiger partial charge in [0.25, 0.3) is 0 Å². The number of hydrogen-bond donors (Lipinski definition) is 0. The molecule has 1 heteroatoms. The first-order valence-electron chi connectivity index (χ1n) is 4.90. The number of hydrogen-bond acceptors (Lipinski definition) is 1. The summed E-state index contributed by atoms with van der Waals surface area (Å²) in [6.07, 6.45) is 9.73. The molecule has 0 spiro atoms.